The molecule has 0 aromatic heterocycles. The topological polar surface area (TPSA) is 41.6 Å². The minimum Gasteiger partial charge on any atom is -0.469 e. The van der Waals surface area contributed by atoms with Crippen LogP contribution >= 0.6 is 0 Å². The van der Waals surface area contributed by atoms with E-state index in [2.05, 4.69) is 21.9 Å². The van der Waals surface area contributed by atoms with Gasteiger partial charge in [-0.15, -0.1) is 0 Å². The predicted octanol–water partition coefficient (Wildman–Crippen LogP) is 0.871. The molecule has 1 N–H and O–H groups in total. The molecule has 1 heterocycles. The Bertz CT molecular complexity index is 203. The molecule has 0 spiro atoms. The largest absolute Gasteiger partial charge is 0.469 e. The predicted molar refractivity (Wildman–Crippen MR) is 64.3 cm³/mol. The molecule has 1 aliphatic heterocycles. The summed E-state index contributed by atoms with van der Waals surface area (Å²) in [6, 6.07) is 0. The number of nitrogens with one attached hydrogen (secondary N) is 1. The molecule has 0 saturated carbocycles. The summed E-state index contributed by atoms with van der Waals surface area (Å²) in [6.45, 7) is 7.39. The lowest BCUT2D eigenvalue weighted by molar-refractivity contribution is -0.141. The van der Waals surface area contributed by atoms with Crippen molar-refractivity contribution < 1.29 is 9.53 Å². The molecule has 0 aliphatic carbocycles. The summed E-state index contributed by atoms with van der Waals surface area (Å²) in [6.07, 6.45) is 3.03. The van der Waals surface area contributed by atoms with Crippen LogP contribution in [0, 0.1) is 5.92 Å². The van der Waals surface area contributed by atoms with E-state index in [1.54, 1.807) is 0 Å². The van der Waals surface area contributed by atoms with Crippen LogP contribution in [0.5, 0.6) is 0 Å². The van der Waals surface area contributed by atoms with E-state index in [0.717, 1.165) is 38.6 Å². The number of esters is 1. The Morgan fingerprint density at radius 1 is 1.44 bits per heavy atom. The first-order valence-electron chi connectivity index (χ1n) is 6.26. The second-order valence-corrected chi connectivity index (χ2v) is 4.41. The van der Waals surface area contributed by atoms with Crippen molar-refractivity contribution in [3.63, 3.8) is 0 Å². The first-order chi connectivity index (χ1) is 7.76. The van der Waals surface area contributed by atoms with E-state index in [4.69, 9.17) is 0 Å². The maximum atomic E-state index is 11.1. The monoisotopic (exact) mass is 228 g/mol. The molecule has 0 aromatic rings. The number of piperidine rings is 1. The Balaban J connectivity index is 2.22. The molecule has 94 valence electrons. The van der Waals surface area contributed by atoms with Gasteiger partial charge in [0.2, 0.25) is 0 Å². The molecule has 4 heteroatoms. The van der Waals surface area contributed by atoms with Crippen LogP contribution in [0.2, 0.25) is 0 Å². The van der Waals surface area contributed by atoms with Gasteiger partial charge in [-0.05, 0) is 38.4 Å². The molecule has 0 radical (unpaired) electrons. The van der Waals surface area contributed by atoms with Crippen LogP contribution in [0.3, 0.4) is 0 Å². The van der Waals surface area contributed by atoms with E-state index in [9.17, 15) is 4.79 Å². The van der Waals surface area contributed by atoms with Crippen molar-refractivity contribution in [2.24, 2.45) is 5.92 Å². The van der Waals surface area contributed by atoms with Crippen LogP contribution in [-0.2, 0) is 9.53 Å². The third-order valence-electron chi connectivity index (χ3n) is 3.28. The van der Waals surface area contributed by atoms with Crippen molar-refractivity contribution in [1.82, 2.24) is 10.2 Å². The lowest BCUT2D eigenvalue weighted by atomic mass is 9.97. The second kappa shape index (κ2) is 7.63. The summed E-state index contributed by atoms with van der Waals surface area (Å²) in [4.78, 5) is 13.4. The van der Waals surface area contributed by atoms with Crippen LogP contribution in [-0.4, -0.2) is 50.7 Å². The van der Waals surface area contributed by atoms with Crippen molar-refractivity contribution in [3.8, 4) is 0 Å². The van der Waals surface area contributed by atoms with Crippen molar-refractivity contribution >= 4 is 5.97 Å². The van der Waals surface area contributed by atoms with Gasteiger partial charge in [-0.3, -0.25) is 4.79 Å². The summed E-state index contributed by atoms with van der Waals surface area (Å²) in [5.41, 5.74) is 0. The minimum atomic E-state index is -0.108. The first kappa shape index (κ1) is 13.5. The molecule has 0 bridgehead atoms. The van der Waals surface area contributed by atoms with E-state index in [-0.39, 0.29) is 5.97 Å². The lowest BCUT2D eigenvalue weighted by Crippen LogP contribution is -2.37. The van der Waals surface area contributed by atoms with E-state index < -0.39 is 0 Å². The molecular weight excluding hydrogens is 204 g/mol. The molecule has 0 amide bonds. The summed E-state index contributed by atoms with van der Waals surface area (Å²) in [5, 5.41) is 3.37. The summed E-state index contributed by atoms with van der Waals surface area (Å²) >= 11 is 0. The molecule has 0 unspecified atom stereocenters. The molecule has 16 heavy (non-hydrogen) atoms. The maximum absolute atomic E-state index is 11.1. The van der Waals surface area contributed by atoms with Crippen molar-refractivity contribution in [3.05, 3.63) is 0 Å². The van der Waals surface area contributed by atoms with Crippen molar-refractivity contribution in [2.75, 3.05) is 39.8 Å². The highest BCUT2D eigenvalue weighted by molar-refractivity contribution is 5.69. The van der Waals surface area contributed by atoms with Gasteiger partial charge < -0.3 is 15.0 Å². The zero-order chi connectivity index (χ0) is 11.8. The molecule has 1 rings (SSSR count). The third-order valence-corrected chi connectivity index (χ3v) is 3.28. The summed E-state index contributed by atoms with van der Waals surface area (Å²) in [7, 11) is 1.45. The molecular formula is C12H24N2O2. The van der Waals surface area contributed by atoms with Gasteiger partial charge in [0.1, 0.15) is 0 Å². The number of methoxy groups -OCH3 is 1. The number of rotatable bonds is 6. The standard InChI is InChI=1S/C12H24N2O2/c1-3-14(9-6-12(15)16-2)10-11-4-7-13-8-5-11/h11,13H,3-10H2,1-2H3. The van der Waals surface area contributed by atoms with Crippen LogP contribution in [0.25, 0.3) is 0 Å². The lowest BCUT2D eigenvalue weighted by Gasteiger charge is -2.29. The minimum absolute atomic E-state index is 0.108. The highest BCUT2D eigenvalue weighted by Crippen LogP contribution is 2.13. The Labute approximate surface area is 98.3 Å². The number of ether oxygens (including phenoxy) is 1. The number of carbonyl (C=O) groups is 1. The van der Waals surface area contributed by atoms with E-state index in [1.165, 1.54) is 20.0 Å². The van der Waals surface area contributed by atoms with Gasteiger partial charge >= 0.3 is 5.97 Å². The normalized spacial score (nSPS) is 17.7. The summed E-state index contributed by atoms with van der Waals surface area (Å²) < 4.78 is 4.66. The molecule has 1 fully saturated rings. The highest BCUT2D eigenvalue weighted by Gasteiger charge is 2.16. The van der Waals surface area contributed by atoms with Gasteiger partial charge in [0.15, 0.2) is 0 Å². The average Bonchev–Trinajstić information content (AvgIpc) is 2.35. The fourth-order valence-electron chi connectivity index (χ4n) is 2.16. The molecule has 1 saturated heterocycles. The zero-order valence-electron chi connectivity index (χ0n) is 10.5. The Morgan fingerprint density at radius 3 is 2.69 bits per heavy atom. The van der Waals surface area contributed by atoms with Crippen molar-refractivity contribution in [2.45, 2.75) is 26.2 Å². The number of nitrogens with zero attached hydrogens (tertiary/aromatic N) is 1. The highest BCUT2D eigenvalue weighted by atomic mass is 16.5. The van der Waals surface area contributed by atoms with Gasteiger partial charge in [0.25, 0.3) is 0 Å². The first-order valence-corrected chi connectivity index (χ1v) is 6.26. The number of carbonyl (C=O) groups excluding carboxylic acids is 1. The molecule has 0 atom stereocenters. The van der Waals surface area contributed by atoms with Crippen LogP contribution in [0.1, 0.15) is 26.2 Å². The average molecular weight is 228 g/mol. The van der Waals surface area contributed by atoms with Gasteiger partial charge in [-0.1, -0.05) is 6.92 Å². The third kappa shape index (κ3) is 4.94. The zero-order valence-corrected chi connectivity index (χ0v) is 10.5. The summed E-state index contributed by atoms with van der Waals surface area (Å²) in [5.74, 6) is 0.683. The second-order valence-electron chi connectivity index (χ2n) is 4.41. The van der Waals surface area contributed by atoms with E-state index in [1.807, 2.05) is 0 Å². The number of hydrogen-bond donors (Lipinski definition) is 1. The van der Waals surface area contributed by atoms with Crippen LogP contribution in [0.15, 0.2) is 0 Å². The van der Waals surface area contributed by atoms with Gasteiger partial charge in [0, 0.05) is 13.1 Å². The fraction of sp³-hybridized carbons (Fsp3) is 0.917. The number of hydrogen-bond acceptors (Lipinski definition) is 4. The van der Waals surface area contributed by atoms with Gasteiger partial charge in [-0.25, -0.2) is 0 Å². The smallest absolute Gasteiger partial charge is 0.306 e. The van der Waals surface area contributed by atoms with E-state index >= 15 is 0 Å². The van der Waals surface area contributed by atoms with Crippen LogP contribution < -0.4 is 5.32 Å². The van der Waals surface area contributed by atoms with Crippen LogP contribution in [0.4, 0.5) is 0 Å². The molecule has 4 nitrogen and oxygen atoms in total. The SMILES string of the molecule is CCN(CCC(=O)OC)CC1CCNCC1. The Hall–Kier alpha value is -0.610. The molecule has 0 aromatic carbocycles. The van der Waals surface area contributed by atoms with Crippen molar-refractivity contribution in [1.29, 1.82) is 0 Å². The quantitative estimate of drug-likeness (QED) is 0.685. The Morgan fingerprint density at radius 2 is 2.12 bits per heavy atom. The maximum Gasteiger partial charge on any atom is 0.306 e. The molecule has 1 aliphatic rings. The Kier molecular flexibility index (Phi) is 6.42. The fourth-order valence-corrected chi connectivity index (χ4v) is 2.16. The van der Waals surface area contributed by atoms with Gasteiger partial charge in [0.05, 0.1) is 13.5 Å². The van der Waals surface area contributed by atoms with E-state index in [0.29, 0.717) is 6.42 Å². The van der Waals surface area contributed by atoms with Gasteiger partial charge in [-0.2, -0.15) is 0 Å².